The molecule has 1 aromatic rings. The minimum Gasteiger partial charge on any atom is -0.279 e. The van der Waals surface area contributed by atoms with Gasteiger partial charge in [-0.1, -0.05) is 32.0 Å². The van der Waals surface area contributed by atoms with Crippen LogP contribution < -0.4 is 5.43 Å². The smallest absolute Gasteiger partial charge is 0.0593 e. The zero-order valence-electron chi connectivity index (χ0n) is 8.25. The van der Waals surface area contributed by atoms with Crippen molar-refractivity contribution in [1.82, 2.24) is 0 Å². The Labute approximate surface area is 79.7 Å². The zero-order chi connectivity index (χ0) is 9.52. The summed E-state index contributed by atoms with van der Waals surface area (Å²) in [5, 5.41) is 4.09. The van der Waals surface area contributed by atoms with Gasteiger partial charge in [0.25, 0.3) is 0 Å². The van der Waals surface area contributed by atoms with E-state index in [0.29, 0.717) is 0 Å². The average Bonchev–Trinajstić information content (AvgIpc) is 2.19. The van der Waals surface area contributed by atoms with Crippen LogP contribution in [-0.2, 0) is 6.42 Å². The number of nitrogens with one attached hydrogen (secondary N) is 1. The second kappa shape index (κ2) is 5.36. The lowest BCUT2D eigenvalue weighted by Gasteiger charge is -2.05. The Morgan fingerprint density at radius 2 is 2.08 bits per heavy atom. The number of hydrogen-bond acceptors (Lipinski definition) is 2. The van der Waals surface area contributed by atoms with E-state index in [4.69, 9.17) is 0 Å². The van der Waals surface area contributed by atoms with Gasteiger partial charge in [-0.05, 0) is 24.5 Å². The molecule has 0 aliphatic rings. The van der Waals surface area contributed by atoms with Crippen LogP contribution in [0.25, 0.3) is 0 Å². The molecule has 0 saturated heterocycles. The molecule has 0 atom stereocenters. The van der Waals surface area contributed by atoms with Gasteiger partial charge in [-0.3, -0.25) is 5.43 Å². The molecule has 0 amide bonds. The lowest BCUT2D eigenvalue weighted by Crippen LogP contribution is -1.93. The topological polar surface area (TPSA) is 24.4 Å². The van der Waals surface area contributed by atoms with Crippen molar-refractivity contribution in [3.8, 4) is 0 Å². The van der Waals surface area contributed by atoms with Gasteiger partial charge in [0, 0.05) is 6.21 Å². The number of hydrazone groups is 1. The standard InChI is InChI=1S/C11H16N2/c1-3-9-12-13-11-8-6-5-7-10(11)4-2/h5-9,13H,3-4H2,1-2H3/b12-9-. The van der Waals surface area contributed by atoms with E-state index in [0.717, 1.165) is 18.5 Å². The van der Waals surface area contributed by atoms with Gasteiger partial charge in [0.05, 0.1) is 5.69 Å². The first-order valence-corrected chi connectivity index (χ1v) is 4.74. The van der Waals surface area contributed by atoms with Gasteiger partial charge in [-0.15, -0.1) is 0 Å². The van der Waals surface area contributed by atoms with Gasteiger partial charge in [0.15, 0.2) is 0 Å². The predicted molar refractivity (Wildman–Crippen MR) is 58.2 cm³/mol. The van der Waals surface area contributed by atoms with Gasteiger partial charge in [-0.25, -0.2) is 0 Å². The highest BCUT2D eigenvalue weighted by Gasteiger charge is 1.95. The first-order valence-electron chi connectivity index (χ1n) is 4.74. The van der Waals surface area contributed by atoms with E-state index >= 15 is 0 Å². The molecule has 0 unspecified atom stereocenters. The molecular weight excluding hydrogens is 160 g/mol. The van der Waals surface area contributed by atoms with E-state index in [9.17, 15) is 0 Å². The molecule has 70 valence electrons. The maximum Gasteiger partial charge on any atom is 0.0593 e. The summed E-state index contributed by atoms with van der Waals surface area (Å²) in [5.41, 5.74) is 5.44. The molecule has 2 nitrogen and oxygen atoms in total. The van der Waals surface area contributed by atoms with E-state index in [2.05, 4.69) is 30.4 Å². The normalized spacial score (nSPS) is 10.6. The molecule has 0 aliphatic carbocycles. The molecule has 0 bridgehead atoms. The minimum atomic E-state index is 0.960. The fourth-order valence-electron chi connectivity index (χ4n) is 1.14. The summed E-state index contributed by atoms with van der Waals surface area (Å²) in [7, 11) is 0. The Hall–Kier alpha value is -1.31. The van der Waals surface area contributed by atoms with Crippen molar-refractivity contribution >= 4 is 11.9 Å². The van der Waals surface area contributed by atoms with Crippen molar-refractivity contribution < 1.29 is 0 Å². The van der Waals surface area contributed by atoms with Crippen molar-refractivity contribution in [1.29, 1.82) is 0 Å². The maximum absolute atomic E-state index is 4.09. The molecule has 1 aromatic carbocycles. The van der Waals surface area contributed by atoms with Crippen LogP contribution in [0.2, 0.25) is 0 Å². The fraction of sp³-hybridized carbons (Fsp3) is 0.364. The molecule has 1 N–H and O–H groups in total. The number of benzene rings is 1. The Bertz CT molecular complexity index is 279. The molecule has 0 aromatic heterocycles. The van der Waals surface area contributed by atoms with Crippen LogP contribution in [0.3, 0.4) is 0 Å². The molecule has 0 heterocycles. The number of hydrogen-bond donors (Lipinski definition) is 1. The fourth-order valence-corrected chi connectivity index (χ4v) is 1.14. The Morgan fingerprint density at radius 3 is 2.77 bits per heavy atom. The predicted octanol–water partition coefficient (Wildman–Crippen LogP) is 3.06. The van der Waals surface area contributed by atoms with Crippen LogP contribution in [-0.4, -0.2) is 6.21 Å². The van der Waals surface area contributed by atoms with Crippen molar-refractivity contribution in [3.63, 3.8) is 0 Å². The highest BCUT2D eigenvalue weighted by molar-refractivity contribution is 5.60. The zero-order valence-corrected chi connectivity index (χ0v) is 8.25. The van der Waals surface area contributed by atoms with Gasteiger partial charge >= 0.3 is 0 Å². The average molecular weight is 176 g/mol. The third kappa shape index (κ3) is 2.90. The third-order valence-electron chi connectivity index (χ3n) is 1.86. The quantitative estimate of drug-likeness (QED) is 0.553. The molecular formula is C11H16N2. The molecule has 0 fully saturated rings. The van der Waals surface area contributed by atoms with E-state index in [-0.39, 0.29) is 0 Å². The first kappa shape index (κ1) is 9.78. The maximum atomic E-state index is 4.09. The monoisotopic (exact) mass is 176 g/mol. The Balaban J connectivity index is 2.69. The summed E-state index contributed by atoms with van der Waals surface area (Å²) in [6, 6.07) is 8.23. The molecule has 0 radical (unpaired) electrons. The summed E-state index contributed by atoms with van der Waals surface area (Å²) < 4.78 is 0. The summed E-state index contributed by atoms with van der Waals surface area (Å²) in [5.74, 6) is 0. The van der Waals surface area contributed by atoms with E-state index in [1.807, 2.05) is 24.4 Å². The number of rotatable bonds is 4. The minimum absolute atomic E-state index is 0.960. The van der Waals surface area contributed by atoms with Gasteiger partial charge in [-0.2, -0.15) is 5.10 Å². The highest BCUT2D eigenvalue weighted by Crippen LogP contribution is 2.14. The van der Waals surface area contributed by atoms with Crippen molar-refractivity contribution in [2.75, 3.05) is 5.43 Å². The van der Waals surface area contributed by atoms with Crippen LogP contribution >= 0.6 is 0 Å². The molecule has 0 spiro atoms. The lowest BCUT2D eigenvalue weighted by atomic mass is 10.1. The van der Waals surface area contributed by atoms with Crippen LogP contribution in [0.1, 0.15) is 25.8 Å². The number of anilines is 1. The number of nitrogens with zero attached hydrogens (tertiary/aromatic N) is 1. The van der Waals surface area contributed by atoms with Crippen LogP contribution in [0, 0.1) is 0 Å². The van der Waals surface area contributed by atoms with E-state index < -0.39 is 0 Å². The van der Waals surface area contributed by atoms with Crippen molar-refractivity contribution in [2.45, 2.75) is 26.7 Å². The summed E-state index contributed by atoms with van der Waals surface area (Å²) in [6.45, 7) is 4.21. The SMILES string of the molecule is CC/C=N\Nc1ccccc1CC. The molecule has 2 heteroatoms. The highest BCUT2D eigenvalue weighted by atomic mass is 15.3. The summed E-state index contributed by atoms with van der Waals surface area (Å²) in [4.78, 5) is 0. The lowest BCUT2D eigenvalue weighted by molar-refractivity contribution is 1.13. The third-order valence-corrected chi connectivity index (χ3v) is 1.86. The summed E-state index contributed by atoms with van der Waals surface area (Å²) in [6.07, 6.45) is 3.86. The second-order valence-electron chi connectivity index (χ2n) is 2.84. The van der Waals surface area contributed by atoms with Gasteiger partial charge in [0.1, 0.15) is 0 Å². The van der Waals surface area contributed by atoms with Gasteiger partial charge < -0.3 is 0 Å². The molecule has 0 aliphatic heterocycles. The molecule has 0 saturated carbocycles. The molecule has 13 heavy (non-hydrogen) atoms. The number of aryl methyl sites for hydroxylation is 1. The van der Waals surface area contributed by atoms with Crippen molar-refractivity contribution in [2.24, 2.45) is 5.10 Å². The second-order valence-corrected chi connectivity index (χ2v) is 2.84. The Morgan fingerprint density at radius 1 is 1.31 bits per heavy atom. The largest absolute Gasteiger partial charge is 0.279 e. The van der Waals surface area contributed by atoms with E-state index in [1.54, 1.807) is 0 Å². The van der Waals surface area contributed by atoms with Crippen molar-refractivity contribution in [3.05, 3.63) is 29.8 Å². The van der Waals surface area contributed by atoms with Crippen LogP contribution in [0.4, 0.5) is 5.69 Å². The summed E-state index contributed by atoms with van der Waals surface area (Å²) >= 11 is 0. The number of para-hydroxylation sites is 1. The van der Waals surface area contributed by atoms with E-state index in [1.165, 1.54) is 5.56 Å². The molecule has 1 rings (SSSR count). The van der Waals surface area contributed by atoms with Crippen LogP contribution in [0.15, 0.2) is 29.4 Å². The first-order chi connectivity index (χ1) is 6.38. The Kier molecular flexibility index (Phi) is 4.03. The van der Waals surface area contributed by atoms with Gasteiger partial charge in [0.2, 0.25) is 0 Å². The van der Waals surface area contributed by atoms with Crippen LogP contribution in [0.5, 0.6) is 0 Å².